The number of hydrogen-bond acceptors (Lipinski definition) is 4. The molecule has 3 aromatic carbocycles. The molecule has 3 aromatic rings. The minimum Gasteiger partial charge on any atom is -0.481 e. The van der Waals surface area contributed by atoms with Gasteiger partial charge in [0.2, 0.25) is 5.91 Å². The highest BCUT2D eigenvalue weighted by Crippen LogP contribution is 2.34. The molecule has 1 aliphatic rings. The highest BCUT2D eigenvalue weighted by Gasteiger charge is 2.42. The van der Waals surface area contributed by atoms with Gasteiger partial charge < -0.3 is 15.2 Å². The van der Waals surface area contributed by atoms with Crippen molar-refractivity contribution in [3.8, 4) is 0 Å². The SMILES string of the molecule is CC(NC(=O)[C@H]1CC[C@H]1C(=O)O)[C@@H](Cc1ccc(Cl)cc1)OC(=O)c1ccc2ccccc2c1. The van der Waals surface area contributed by atoms with Gasteiger partial charge in [0.15, 0.2) is 0 Å². The molecular weight excluding hydrogens is 454 g/mol. The number of aliphatic carboxylic acids is 1. The number of esters is 1. The van der Waals surface area contributed by atoms with E-state index in [2.05, 4.69) is 5.32 Å². The zero-order valence-electron chi connectivity index (χ0n) is 18.7. The summed E-state index contributed by atoms with van der Waals surface area (Å²) in [5, 5.41) is 14.7. The standard InChI is InChI=1S/C27H26ClNO5/c1-16(29-25(30)22-12-13-23(22)26(31)32)24(14-17-6-10-21(28)11-7-17)34-27(33)20-9-8-18-4-2-3-5-19(18)15-20/h2-11,15-16,22-24H,12-14H2,1H3,(H,29,30)(H,31,32)/t16?,22-,23+,24+/m0/s1. The van der Waals surface area contributed by atoms with E-state index in [1.54, 1.807) is 31.2 Å². The van der Waals surface area contributed by atoms with Crippen molar-refractivity contribution in [3.63, 3.8) is 0 Å². The minimum absolute atomic E-state index is 0.325. The molecular formula is C27H26ClNO5. The van der Waals surface area contributed by atoms with Crippen LogP contribution < -0.4 is 5.32 Å². The Morgan fingerprint density at radius 1 is 1.00 bits per heavy atom. The van der Waals surface area contributed by atoms with Crippen molar-refractivity contribution in [2.45, 2.75) is 38.3 Å². The van der Waals surface area contributed by atoms with Crippen molar-refractivity contribution in [2.75, 3.05) is 0 Å². The summed E-state index contributed by atoms with van der Waals surface area (Å²) in [6.45, 7) is 1.76. The van der Waals surface area contributed by atoms with Gasteiger partial charge in [0, 0.05) is 11.4 Å². The van der Waals surface area contributed by atoms with Crippen molar-refractivity contribution in [2.24, 2.45) is 11.8 Å². The van der Waals surface area contributed by atoms with Crippen LogP contribution in [0.2, 0.25) is 5.02 Å². The molecule has 1 fully saturated rings. The molecule has 34 heavy (non-hydrogen) atoms. The van der Waals surface area contributed by atoms with E-state index in [0.29, 0.717) is 29.8 Å². The topological polar surface area (TPSA) is 92.7 Å². The van der Waals surface area contributed by atoms with E-state index in [-0.39, 0.29) is 5.91 Å². The third-order valence-electron chi connectivity index (χ3n) is 6.45. The Labute approximate surface area is 202 Å². The second-order valence-corrected chi connectivity index (χ2v) is 9.20. The van der Waals surface area contributed by atoms with Crippen LogP contribution in [0.3, 0.4) is 0 Å². The number of carboxylic acid groups (broad SMARTS) is 1. The Bertz CT molecular complexity index is 1210. The molecule has 1 unspecified atom stereocenters. The molecule has 176 valence electrons. The molecule has 1 aliphatic carbocycles. The van der Waals surface area contributed by atoms with Gasteiger partial charge in [0.05, 0.1) is 23.4 Å². The predicted molar refractivity (Wildman–Crippen MR) is 130 cm³/mol. The van der Waals surface area contributed by atoms with Crippen molar-refractivity contribution >= 4 is 40.2 Å². The van der Waals surface area contributed by atoms with Crippen molar-refractivity contribution in [3.05, 3.63) is 82.9 Å². The summed E-state index contributed by atoms with van der Waals surface area (Å²) in [5.74, 6) is -3.00. The van der Waals surface area contributed by atoms with Crippen LogP contribution in [0.4, 0.5) is 0 Å². The van der Waals surface area contributed by atoms with Gasteiger partial charge in [-0.15, -0.1) is 0 Å². The second kappa shape index (κ2) is 10.3. The summed E-state index contributed by atoms with van der Waals surface area (Å²) in [7, 11) is 0. The molecule has 0 aromatic heterocycles. The third kappa shape index (κ3) is 5.39. The molecule has 0 bridgehead atoms. The molecule has 1 saturated carbocycles. The van der Waals surface area contributed by atoms with Gasteiger partial charge in [0.1, 0.15) is 6.10 Å². The number of carbonyl (C=O) groups excluding carboxylic acids is 2. The number of amides is 1. The zero-order valence-corrected chi connectivity index (χ0v) is 19.5. The maximum Gasteiger partial charge on any atom is 0.338 e. The summed E-state index contributed by atoms with van der Waals surface area (Å²) >= 11 is 6.00. The molecule has 1 amide bonds. The van der Waals surface area contributed by atoms with Crippen molar-refractivity contribution < 1.29 is 24.2 Å². The molecule has 6 nitrogen and oxygen atoms in total. The minimum atomic E-state index is -0.959. The molecule has 0 heterocycles. The first-order chi connectivity index (χ1) is 16.3. The summed E-state index contributed by atoms with van der Waals surface area (Å²) in [6.07, 6.45) is 0.735. The van der Waals surface area contributed by atoms with E-state index < -0.39 is 35.9 Å². The average molecular weight is 480 g/mol. The van der Waals surface area contributed by atoms with Gasteiger partial charge in [-0.25, -0.2) is 4.79 Å². The van der Waals surface area contributed by atoms with Gasteiger partial charge in [-0.3, -0.25) is 9.59 Å². The molecule has 2 N–H and O–H groups in total. The number of fused-ring (bicyclic) bond motifs is 1. The number of carboxylic acids is 1. The Kier molecular flexibility index (Phi) is 7.17. The maximum absolute atomic E-state index is 13.0. The van der Waals surface area contributed by atoms with Crippen LogP contribution in [0.1, 0.15) is 35.7 Å². The van der Waals surface area contributed by atoms with Gasteiger partial charge in [-0.2, -0.15) is 0 Å². The fourth-order valence-corrected chi connectivity index (χ4v) is 4.35. The van der Waals surface area contributed by atoms with Crippen LogP contribution in [-0.4, -0.2) is 35.1 Å². The van der Waals surface area contributed by atoms with Crippen LogP contribution in [0, 0.1) is 11.8 Å². The zero-order chi connectivity index (χ0) is 24.2. The smallest absolute Gasteiger partial charge is 0.338 e. The van der Waals surface area contributed by atoms with Crippen molar-refractivity contribution in [1.29, 1.82) is 0 Å². The number of halogens is 1. The second-order valence-electron chi connectivity index (χ2n) is 8.76. The Balaban J connectivity index is 1.51. The van der Waals surface area contributed by atoms with Crippen LogP contribution in [0.25, 0.3) is 10.8 Å². The fraction of sp³-hybridized carbons (Fsp3) is 0.296. The molecule has 4 rings (SSSR count). The summed E-state index contributed by atoms with van der Waals surface area (Å²) in [5.41, 5.74) is 1.32. The van der Waals surface area contributed by atoms with Gasteiger partial charge in [-0.05, 0) is 60.4 Å². The molecule has 7 heteroatoms. The molecule has 0 saturated heterocycles. The van der Waals surface area contributed by atoms with E-state index in [1.807, 2.05) is 42.5 Å². The van der Waals surface area contributed by atoms with Gasteiger partial charge in [0.25, 0.3) is 0 Å². The van der Waals surface area contributed by atoms with Crippen LogP contribution in [0.15, 0.2) is 66.7 Å². The number of ether oxygens (including phenoxy) is 1. The number of nitrogens with one attached hydrogen (secondary N) is 1. The van der Waals surface area contributed by atoms with E-state index in [9.17, 15) is 19.5 Å². The number of carbonyl (C=O) groups is 3. The van der Waals surface area contributed by atoms with Crippen LogP contribution in [0.5, 0.6) is 0 Å². The lowest BCUT2D eigenvalue weighted by molar-refractivity contribution is -0.153. The predicted octanol–water partition coefficient (Wildman–Crippen LogP) is 4.88. The Hall–Kier alpha value is -3.38. The summed E-state index contributed by atoms with van der Waals surface area (Å²) in [6, 6.07) is 19.8. The summed E-state index contributed by atoms with van der Waals surface area (Å²) < 4.78 is 5.89. The van der Waals surface area contributed by atoms with E-state index in [4.69, 9.17) is 16.3 Å². The number of hydrogen-bond donors (Lipinski definition) is 2. The number of benzene rings is 3. The first-order valence-electron chi connectivity index (χ1n) is 11.3. The lowest BCUT2D eigenvalue weighted by Crippen LogP contribution is -2.50. The lowest BCUT2D eigenvalue weighted by atomic mass is 9.73. The fourth-order valence-electron chi connectivity index (χ4n) is 4.23. The van der Waals surface area contributed by atoms with Crippen LogP contribution >= 0.6 is 11.6 Å². The maximum atomic E-state index is 13.0. The Morgan fingerprint density at radius 2 is 1.68 bits per heavy atom. The molecule has 0 spiro atoms. The molecule has 4 atom stereocenters. The highest BCUT2D eigenvalue weighted by molar-refractivity contribution is 6.30. The average Bonchev–Trinajstić information content (AvgIpc) is 2.78. The first kappa shape index (κ1) is 23.8. The Morgan fingerprint density at radius 3 is 2.32 bits per heavy atom. The van der Waals surface area contributed by atoms with Crippen LogP contribution in [-0.2, 0) is 20.7 Å². The molecule has 0 radical (unpaired) electrons. The first-order valence-corrected chi connectivity index (χ1v) is 11.7. The molecule has 0 aliphatic heterocycles. The largest absolute Gasteiger partial charge is 0.481 e. The van der Waals surface area contributed by atoms with Crippen molar-refractivity contribution in [1.82, 2.24) is 5.32 Å². The quantitative estimate of drug-likeness (QED) is 0.449. The third-order valence-corrected chi connectivity index (χ3v) is 6.70. The van der Waals surface area contributed by atoms with Gasteiger partial charge in [-0.1, -0.05) is 54.1 Å². The van der Waals surface area contributed by atoms with E-state index in [0.717, 1.165) is 16.3 Å². The van der Waals surface area contributed by atoms with Gasteiger partial charge >= 0.3 is 11.9 Å². The highest BCUT2D eigenvalue weighted by atomic mass is 35.5. The van der Waals surface area contributed by atoms with E-state index >= 15 is 0 Å². The normalized spacial score (nSPS) is 19.0. The van der Waals surface area contributed by atoms with E-state index in [1.165, 1.54) is 0 Å². The lowest BCUT2D eigenvalue weighted by Gasteiger charge is -2.34. The monoisotopic (exact) mass is 479 g/mol. The summed E-state index contributed by atoms with van der Waals surface area (Å²) in [4.78, 5) is 37.1. The number of rotatable bonds is 8.